The van der Waals surface area contributed by atoms with Gasteiger partial charge in [0.2, 0.25) is 6.41 Å². The molecular weight excluding hydrogens is 505 g/mol. The van der Waals surface area contributed by atoms with Gasteiger partial charge in [0.1, 0.15) is 0 Å². The van der Waals surface area contributed by atoms with E-state index in [0.29, 0.717) is 5.56 Å². The summed E-state index contributed by atoms with van der Waals surface area (Å²) in [5, 5.41) is 0. The molecule has 0 saturated heterocycles. The molecule has 5 rings (SSSR count). The van der Waals surface area contributed by atoms with Crippen molar-refractivity contribution in [1.82, 2.24) is 4.57 Å². The highest BCUT2D eigenvalue weighted by Gasteiger charge is 2.33. The molecule has 2 aliphatic rings. The van der Waals surface area contributed by atoms with E-state index in [1.54, 1.807) is 12.1 Å². The average molecular weight is 541 g/mol. The van der Waals surface area contributed by atoms with Gasteiger partial charge in [-0.2, -0.15) is 13.2 Å². The highest BCUT2D eigenvalue weighted by molar-refractivity contribution is 7.99. The number of carbonyl (C=O) groups excluding carboxylic acids is 1. The van der Waals surface area contributed by atoms with Crippen molar-refractivity contribution in [2.75, 3.05) is 5.75 Å². The van der Waals surface area contributed by atoms with Crippen molar-refractivity contribution >= 4 is 24.2 Å². The molecule has 1 aromatic heterocycles. The summed E-state index contributed by atoms with van der Waals surface area (Å²) in [6.07, 6.45) is 4.07. The minimum atomic E-state index is -4.34. The number of aromatic nitrogens is 1. The summed E-state index contributed by atoms with van der Waals surface area (Å²) in [5.74, 6) is 2.15. The number of nitrogens with zero attached hydrogens (tertiary/aromatic N) is 1. The van der Waals surface area contributed by atoms with Crippen LogP contribution >= 0.6 is 11.8 Å². The van der Waals surface area contributed by atoms with Crippen molar-refractivity contribution in [3.63, 3.8) is 0 Å². The van der Waals surface area contributed by atoms with E-state index in [0.717, 1.165) is 36.4 Å². The van der Waals surface area contributed by atoms with Gasteiger partial charge in [0.25, 0.3) is 0 Å². The molecule has 202 valence electrons. The predicted molar refractivity (Wildman–Crippen MR) is 149 cm³/mol. The first-order valence-corrected chi connectivity index (χ1v) is 14.1. The Bertz CT molecular complexity index is 1270. The van der Waals surface area contributed by atoms with Gasteiger partial charge < -0.3 is 10.3 Å². The Hall–Kier alpha value is -2.93. The van der Waals surface area contributed by atoms with Gasteiger partial charge in [-0.15, -0.1) is 11.8 Å². The van der Waals surface area contributed by atoms with Gasteiger partial charge in [0, 0.05) is 34.5 Å². The van der Waals surface area contributed by atoms with Gasteiger partial charge in [0.05, 0.1) is 5.56 Å². The van der Waals surface area contributed by atoms with E-state index in [2.05, 4.69) is 60.6 Å². The number of rotatable bonds is 8. The maximum atomic E-state index is 13.6. The predicted octanol–water partition coefficient (Wildman–Crippen LogP) is 7.85. The average Bonchev–Trinajstić information content (AvgIpc) is 3.63. The summed E-state index contributed by atoms with van der Waals surface area (Å²) in [6, 6.07) is 17.2. The van der Waals surface area contributed by atoms with E-state index in [9.17, 15) is 13.2 Å². The van der Waals surface area contributed by atoms with Crippen LogP contribution < -0.4 is 5.73 Å². The molecule has 2 aliphatic carbocycles. The molecule has 2 aromatic carbocycles. The van der Waals surface area contributed by atoms with E-state index in [1.165, 1.54) is 52.5 Å². The van der Waals surface area contributed by atoms with Crippen LogP contribution in [0.2, 0.25) is 0 Å². The monoisotopic (exact) mass is 540 g/mol. The van der Waals surface area contributed by atoms with Gasteiger partial charge >= 0.3 is 6.18 Å². The standard InChI is InChI=1S/C30H32F3NS.CH3NO/c1-20(2)34-26(17-24-5-3-4-6-28(24)30(31,32)33)18-25-16-23(11-14-29(25)34)15-21-9-12-27(13-10-21)35-19-22-7-8-22;2-1-3/h3-6,9-10,12-13,16,18,20,22H,7-8,11,14-15,17,19H2,1-2H3;1H,(H2,2,3). The molecule has 1 amide bonds. The quantitative estimate of drug-likeness (QED) is 0.234. The molecule has 3 aromatic rings. The van der Waals surface area contributed by atoms with E-state index < -0.39 is 11.7 Å². The van der Waals surface area contributed by atoms with E-state index in [1.807, 2.05) is 11.8 Å². The number of nitrogens with two attached hydrogens (primary N) is 1. The van der Waals surface area contributed by atoms with Crippen molar-refractivity contribution in [1.29, 1.82) is 0 Å². The number of alkyl halides is 3. The molecular formula is C31H35F3N2OS. The summed E-state index contributed by atoms with van der Waals surface area (Å²) >= 11 is 1.96. The maximum Gasteiger partial charge on any atom is 0.416 e. The fourth-order valence-electron chi connectivity index (χ4n) is 5.13. The molecule has 2 N–H and O–H groups in total. The largest absolute Gasteiger partial charge is 0.416 e. The lowest BCUT2D eigenvalue weighted by Crippen LogP contribution is -2.14. The SMILES string of the molecule is CC(C)n1c(Cc2ccccc2C(F)(F)F)cc2c1CCC(Cc1ccc(SCC3CC3)cc1)=C2.NC=O. The topological polar surface area (TPSA) is 48.0 Å². The first-order valence-electron chi connectivity index (χ1n) is 13.1. The first-order chi connectivity index (χ1) is 18.2. The number of primary amides is 1. The zero-order valence-electron chi connectivity index (χ0n) is 21.9. The number of hydrogen-bond donors (Lipinski definition) is 1. The summed E-state index contributed by atoms with van der Waals surface area (Å²) in [7, 11) is 0. The third-order valence-electron chi connectivity index (χ3n) is 7.05. The molecule has 1 saturated carbocycles. The van der Waals surface area contributed by atoms with Gasteiger partial charge in [-0.3, -0.25) is 4.79 Å². The number of allylic oxidation sites excluding steroid dienone is 1. The van der Waals surface area contributed by atoms with E-state index >= 15 is 0 Å². The van der Waals surface area contributed by atoms with Crippen molar-refractivity contribution in [3.05, 3.63) is 93.8 Å². The molecule has 38 heavy (non-hydrogen) atoms. The summed E-state index contributed by atoms with van der Waals surface area (Å²) < 4.78 is 43.0. The van der Waals surface area contributed by atoms with Crippen LogP contribution in [0.1, 0.15) is 72.8 Å². The van der Waals surface area contributed by atoms with Gasteiger partial charge in [-0.1, -0.05) is 42.0 Å². The van der Waals surface area contributed by atoms with Crippen LogP contribution in [0.25, 0.3) is 6.08 Å². The molecule has 0 radical (unpaired) electrons. The molecule has 0 spiro atoms. The van der Waals surface area contributed by atoms with Gasteiger partial charge in [-0.05, 0) is 92.8 Å². The van der Waals surface area contributed by atoms with Crippen LogP contribution in [-0.2, 0) is 30.2 Å². The third kappa shape index (κ3) is 7.13. The number of benzene rings is 2. The maximum absolute atomic E-state index is 13.6. The van der Waals surface area contributed by atoms with Crippen LogP contribution in [0.15, 0.2) is 65.1 Å². The fourth-order valence-corrected chi connectivity index (χ4v) is 6.22. The number of hydrogen-bond acceptors (Lipinski definition) is 2. The Kier molecular flexibility index (Phi) is 9.08. The van der Waals surface area contributed by atoms with Crippen LogP contribution in [0.3, 0.4) is 0 Å². The minimum absolute atomic E-state index is 0.197. The molecule has 7 heteroatoms. The number of thioether (sulfide) groups is 1. The molecule has 1 fully saturated rings. The smallest absolute Gasteiger partial charge is 0.372 e. The van der Waals surface area contributed by atoms with Crippen molar-refractivity contribution in [2.45, 2.75) is 69.5 Å². The third-order valence-corrected chi connectivity index (χ3v) is 8.29. The fraction of sp³-hybridized carbons (Fsp3) is 0.387. The lowest BCUT2D eigenvalue weighted by molar-refractivity contribution is -0.138. The lowest BCUT2D eigenvalue weighted by atomic mass is 9.93. The number of carbonyl (C=O) groups is 1. The van der Waals surface area contributed by atoms with Crippen molar-refractivity contribution in [2.24, 2.45) is 11.7 Å². The Balaban J connectivity index is 0.00000107. The molecule has 0 aliphatic heterocycles. The van der Waals surface area contributed by atoms with Crippen LogP contribution in [-0.4, -0.2) is 16.7 Å². The minimum Gasteiger partial charge on any atom is -0.372 e. The summed E-state index contributed by atoms with van der Waals surface area (Å²) in [4.78, 5) is 9.93. The molecule has 1 heterocycles. The Morgan fingerprint density at radius 1 is 1.05 bits per heavy atom. The molecule has 0 unspecified atom stereocenters. The number of halogens is 3. The second kappa shape index (κ2) is 12.3. The Labute approximate surface area is 227 Å². The van der Waals surface area contributed by atoms with E-state index in [-0.39, 0.29) is 18.9 Å². The molecule has 0 bridgehead atoms. The van der Waals surface area contributed by atoms with Crippen LogP contribution in [0.5, 0.6) is 0 Å². The van der Waals surface area contributed by atoms with Crippen LogP contribution in [0.4, 0.5) is 13.2 Å². The lowest BCUT2D eigenvalue weighted by Gasteiger charge is -2.21. The first kappa shape index (κ1) is 28.1. The summed E-state index contributed by atoms with van der Waals surface area (Å²) in [5.41, 5.74) is 10.0. The molecule has 3 nitrogen and oxygen atoms in total. The van der Waals surface area contributed by atoms with E-state index in [4.69, 9.17) is 4.79 Å². The van der Waals surface area contributed by atoms with Crippen molar-refractivity contribution < 1.29 is 18.0 Å². The van der Waals surface area contributed by atoms with Gasteiger partial charge in [0.15, 0.2) is 0 Å². The summed E-state index contributed by atoms with van der Waals surface area (Å²) in [6.45, 7) is 4.23. The second-order valence-electron chi connectivity index (χ2n) is 10.3. The highest BCUT2D eigenvalue weighted by atomic mass is 32.2. The highest BCUT2D eigenvalue weighted by Crippen LogP contribution is 2.37. The van der Waals surface area contributed by atoms with Crippen LogP contribution in [0, 0.1) is 5.92 Å². The molecule has 0 atom stereocenters. The number of amides is 1. The Morgan fingerprint density at radius 3 is 2.37 bits per heavy atom. The zero-order chi connectivity index (χ0) is 27.3. The van der Waals surface area contributed by atoms with Gasteiger partial charge in [-0.25, -0.2) is 0 Å². The Morgan fingerprint density at radius 2 is 1.74 bits per heavy atom. The zero-order valence-corrected chi connectivity index (χ0v) is 22.7. The second-order valence-corrected chi connectivity index (χ2v) is 11.4. The number of fused-ring (bicyclic) bond motifs is 1. The normalized spacial score (nSPS) is 14.9. The van der Waals surface area contributed by atoms with Crippen molar-refractivity contribution in [3.8, 4) is 0 Å².